The lowest BCUT2D eigenvalue weighted by Gasteiger charge is -2.12. The Hall–Kier alpha value is -2.51. The van der Waals surface area contributed by atoms with Crippen LogP contribution >= 0.6 is 23.4 Å². The summed E-state index contributed by atoms with van der Waals surface area (Å²) in [6.07, 6.45) is 5.49. The summed E-state index contributed by atoms with van der Waals surface area (Å²) in [5.74, 6) is 3.26. The molecule has 1 N–H and O–H groups in total. The van der Waals surface area contributed by atoms with E-state index in [2.05, 4.69) is 26.1 Å². The van der Waals surface area contributed by atoms with E-state index < -0.39 is 0 Å². The second-order valence-corrected chi connectivity index (χ2v) is 9.69. The molecule has 3 aromatic rings. The summed E-state index contributed by atoms with van der Waals surface area (Å²) in [5, 5.41) is 13.5. The van der Waals surface area contributed by atoms with E-state index in [1.54, 1.807) is 18.9 Å². The lowest BCUT2D eigenvalue weighted by Crippen LogP contribution is -2.25. The van der Waals surface area contributed by atoms with E-state index in [4.69, 9.17) is 16.3 Å². The van der Waals surface area contributed by atoms with Crippen LogP contribution in [-0.2, 0) is 17.0 Å². The lowest BCUT2D eigenvalue weighted by atomic mass is 10.1. The monoisotopic (exact) mass is 484 g/mol. The molecule has 0 aliphatic heterocycles. The van der Waals surface area contributed by atoms with Gasteiger partial charge in [0, 0.05) is 36.2 Å². The molecule has 174 valence electrons. The highest BCUT2D eigenvalue weighted by Gasteiger charge is 2.21. The first-order valence-electron chi connectivity index (χ1n) is 11.3. The first kappa shape index (κ1) is 23.6. The van der Waals surface area contributed by atoms with E-state index in [1.807, 2.05) is 42.5 Å². The molecule has 0 spiro atoms. The Balaban J connectivity index is 1.43. The van der Waals surface area contributed by atoms with Gasteiger partial charge in [-0.1, -0.05) is 41.6 Å². The van der Waals surface area contributed by atoms with Gasteiger partial charge in [0.1, 0.15) is 11.6 Å². The van der Waals surface area contributed by atoms with Crippen molar-refractivity contribution in [2.75, 3.05) is 13.7 Å². The Morgan fingerprint density at radius 3 is 2.82 bits per heavy atom. The minimum Gasteiger partial charge on any atom is -0.497 e. The standard InChI is InChI=1S/C25H29ClN4O2S/c1-32-22-9-5-8-21(15-22)30-23(10-2-3-11-24(31)27-16-18-12-13-18)28-29-25(30)33-17-19-6-4-7-20(26)14-19/h4-9,14-15,18H,2-3,10-13,16-17H2,1H3,(H,27,31). The first-order valence-corrected chi connectivity index (χ1v) is 12.7. The number of benzene rings is 2. The number of aromatic nitrogens is 3. The molecule has 1 fully saturated rings. The second-order valence-electron chi connectivity index (χ2n) is 8.31. The Labute approximate surface area is 204 Å². The van der Waals surface area contributed by atoms with Crippen LogP contribution in [0.2, 0.25) is 5.02 Å². The Morgan fingerprint density at radius 1 is 1.18 bits per heavy atom. The number of hydrogen-bond donors (Lipinski definition) is 1. The van der Waals surface area contributed by atoms with E-state index in [9.17, 15) is 4.79 Å². The zero-order valence-corrected chi connectivity index (χ0v) is 20.4. The first-order chi connectivity index (χ1) is 16.1. The summed E-state index contributed by atoms with van der Waals surface area (Å²) < 4.78 is 7.51. The number of amides is 1. The number of rotatable bonds is 12. The van der Waals surface area contributed by atoms with Gasteiger partial charge >= 0.3 is 0 Å². The zero-order valence-electron chi connectivity index (χ0n) is 18.8. The Kier molecular flexibility index (Phi) is 8.29. The van der Waals surface area contributed by atoms with Gasteiger partial charge < -0.3 is 10.1 Å². The van der Waals surface area contributed by atoms with Crippen molar-refractivity contribution in [3.63, 3.8) is 0 Å². The molecular formula is C25H29ClN4O2S. The van der Waals surface area contributed by atoms with Crippen LogP contribution in [0.4, 0.5) is 0 Å². The predicted molar refractivity (Wildman–Crippen MR) is 132 cm³/mol. The maximum Gasteiger partial charge on any atom is 0.220 e. The largest absolute Gasteiger partial charge is 0.497 e. The average molecular weight is 485 g/mol. The molecule has 1 aliphatic carbocycles. The molecule has 0 unspecified atom stereocenters. The molecule has 1 heterocycles. The fraction of sp³-hybridized carbons (Fsp3) is 0.400. The minimum atomic E-state index is 0.147. The molecule has 0 atom stereocenters. The molecule has 1 aromatic heterocycles. The fourth-order valence-corrected chi connectivity index (χ4v) is 4.70. The molecule has 1 amide bonds. The summed E-state index contributed by atoms with van der Waals surface area (Å²) in [6.45, 7) is 0.830. The van der Waals surface area contributed by atoms with Gasteiger partial charge in [-0.05, 0) is 61.4 Å². The van der Waals surface area contributed by atoms with Crippen LogP contribution in [-0.4, -0.2) is 34.3 Å². The smallest absolute Gasteiger partial charge is 0.220 e. The van der Waals surface area contributed by atoms with Crippen molar-refractivity contribution in [1.82, 2.24) is 20.1 Å². The molecule has 0 radical (unpaired) electrons. The average Bonchev–Trinajstić information content (AvgIpc) is 3.58. The molecule has 33 heavy (non-hydrogen) atoms. The van der Waals surface area contributed by atoms with Gasteiger partial charge in [-0.25, -0.2) is 0 Å². The highest BCUT2D eigenvalue weighted by atomic mass is 35.5. The van der Waals surface area contributed by atoms with Crippen molar-refractivity contribution in [1.29, 1.82) is 0 Å². The van der Waals surface area contributed by atoms with Crippen LogP contribution in [0.25, 0.3) is 5.69 Å². The van der Waals surface area contributed by atoms with Crippen molar-refractivity contribution in [3.05, 3.63) is 64.9 Å². The normalized spacial score (nSPS) is 13.2. The summed E-state index contributed by atoms with van der Waals surface area (Å²) in [6, 6.07) is 15.8. The molecular weight excluding hydrogens is 456 g/mol. The number of hydrogen-bond acceptors (Lipinski definition) is 5. The Morgan fingerprint density at radius 2 is 2.03 bits per heavy atom. The molecule has 4 rings (SSSR count). The lowest BCUT2D eigenvalue weighted by molar-refractivity contribution is -0.121. The van der Waals surface area contributed by atoms with E-state index in [1.165, 1.54) is 12.8 Å². The van der Waals surface area contributed by atoms with Crippen LogP contribution in [0.5, 0.6) is 5.75 Å². The molecule has 1 saturated carbocycles. The summed E-state index contributed by atoms with van der Waals surface area (Å²) in [5.41, 5.74) is 2.09. The number of halogens is 1. The third-order valence-corrected chi connectivity index (χ3v) is 6.84. The van der Waals surface area contributed by atoms with E-state index in [-0.39, 0.29) is 5.91 Å². The highest BCUT2D eigenvalue weighted by molar-refractivity contribution is 7.98. The molecule has 6 nitrogen and oxygen atoms in total. The van der Waals surface area contributed by atoms with Crippen molar-refractivity contribution in [2.24, 2.45) is 5.92 Å². The summed E-state index contributed by atoms with van der Waals surface area (Å²) in [4.78, 5) is 12.0. The summed E-state index contributed by atoms with van der Waals surface area (Å²) in [7, 11) is 1.66. The van der Waals surface area contributed by atoms with Gasteiger partial charge in [0.2, 0.25) is 5.91 Å². The zero-order chi connectivity index (χ0) is 23.0. The SMILES string of the molecule is COc1cccc(-n2c(CCCCC(=O)NCC3CC3)nnc2SCc2cccc(Cl)c2)c1. The number of methoxy groups -OCH3 is 1. The molecule has 2 aromatic carbocycles. The van der Waals surface area contributed by atoms with Gasteiger partial charge in [0.05, 0.1) is 12.8 Å². The molecule has 8 heteroatoms. The molecule has 0 bridgehead atoms. The third kappa shape index (κ3) is 6.98. The number of unbranched alkanes of at least 4 members (excludes halogenated alkanes) is 1. The van der Waals surface area contributed by atoms with E-state index in [0.717, 1.165) is 64.6 Å². The van der Waals surface area contributed by atoms with Gasteiger partial charge in [0.25, 0.3) is 0 Å². The van der Waals surface area contributed by atoms with E-state index >= 15 is 0 Å². The minimum absolute atomic E-state index is 0.147. The highest BCUT2D eigenvalue weighted by Crippen LogP contribution is 2.29. The van der Waals surface area contributed by atoms with Gasteiger partial charge in [0.15, 0.2) is 5.16 Å². The third-order valence-electron chi connectivity index (χ3n) is 5.61. The summed E-state index contributed by atoms with van der Waals surface area (Å²) >= 11 is 7.76. The number of aryl methyl sites for hydroxylation is 1. The topological polar surface area (TPSA) is 69.0 Å². The second kappa shape index (κ2) is 11.6. The predicted octanol–water partition coefficient (Wildman–Crippen LogP) is 5.46. The van der Waals surface area contributed by atoms with Crippen LogP contribution in [0.1, 0.15) is 43.5 Å². The van der Waals surface area contributed by atoms with Crippen molar-refractivity contribution >= 4 is 29.3 Å². The van der Waals surface area contributed by atoms with Crippen LogP contribution < -0.4 is 10.1 Å². The number of carbonyl (C=O) groups is 1. The van der Waals surface area contributed by atoms with Crippen molar-refractivity contribution in [2.45, 2.75) is 49.4 Å². The van der Waals surface area contributed by atoms with E-state index in [0.29, 0.717) is 12.3 Å². The van der Waals surface area contributed by atoms with Gasteiger partial charge in [-0.2, -0.15) is 0 Å². The molecule has 1 aliphatic rings. The number of nitrogens with one attached hydrogen (secondary N) is 1. The van der Waals surface area contributed by atoms with Gasteiger partial charge in [-0.3, -0.25) is 9.36 Å². The van der Waals surface area contributed by atoms with Crippen LogP contribution in [0.15, 0.2) is 53.7 Å². The van der Waals surface area contributed by atoms with Crippen LogP contribution in [0, 0.1) is 5.92 Å². The maximum atomic E-state index is 12.0. The quantitative estimate of drug-likeness (QED) is 0.273. The number of carbonyl (C=O) groups excluding carboxylic acids is 1. The number of ether oxygens (including phenoxy) is 1. The number of nitrogens with zero attached hydrogens (tertiary/aromatic N) is 3. The Bertz CT molecular complexity index is 1080. The molecule has 0 saturated heterocycles. The maximum absolute atomic E-state index is 12.0. The number of thioether (sulfide) groups is 1. The van der Waals surface area contributed by atoms with Gasteiger partial charge in [-0.15, -0.1) is 10.2 Å². The van der Waals surface area contributed by atoms with Crippen molar-refractivity contribution in [3.8, 4) is 11.4 Å². The fourth-order valence-electron chi connectivity index (χ4n) is 3.58. The van der Waals surface area contributed by atoms with Crippen molar-refractivity contribution < 1.29 is 9.53 Å². The van der Waals surface area contributed by atoms with Crippen LogP contribution in [0.3, 0.4) is 0 Å².